The molecule has 0 aliphatic carbocycles. The van der Waals surface area contributed by atoms with Crippen LogP contribution in [0.4, 0.5) is 0 Å². The molecule has 100 valence electrons. The Morgan fingerprint density at radius 2 is 2.22 bits per heavy atom. The molecule has 0 fully saturated rings. The Labute approximate surface area is 130 Å². The van der Waals surface area contributed by atoms with E-state index >= 15 is 0 Å². The number of ether oxygens (including phenoxy) is 1. The quantitative estimate of drug-likeness (QED) is 0.558. The highest BCUT2D eigenvalue weighted by Gasteiger charge is 2.09. The van der Waals surface area contributed by atoms with Crippen LogP contribution in [0, 0.1) is 3.57 Å². The van der Waals surface area contributed by atoms with Crippen LogP contribution in [0.2, 0.25) is 0 Å². The summed E-state index contributed by atoms with van der Waals surface area (Å²) in [5, 5.41) is 2.89. The molecule has 1 amide bonds. The van der Waals surface area contributed by atoms with Gasteiger partial charge in [0.2, 0.25) is 0 Å². The lowest BCUT2D eigenvalue weighted by molar-refractivity contribution is 0.0757. The monoisotopic (exact) mass is 425 g/mol. The van der Waals surface area contributed by atoms with E-state index in [2.05, 4.69) is 43.8 Å². The standard InChI is InChI=1S/C13H17BrINO2/c1-9(2)18-7-3-6-16-13(17)11-8-10(15)4-5-12(11)14/h4-5,8-9H,3,6-7H2,1-2H3,(H,16,17). The number of amides is 1. The van der Waals surface area contributed by atoms with Crippen molar-refractivity contribution >= 4 is 44.4 Å². The van der Waals surface area contributed by atoms with Crippen LogP contribution in [0.25, 0.3) is 0 Å². The van der Waals surface area contributed by atoms with Crippen molar-refractivity contribution in [1.82, 2.24) is 5.32 Å². The molecule has 1 N–H and O–H groups in total. The van der Waals surface area contributed by atoms with Crippen molar-refractivity contribution in [2.45, 2.75) is 26.4 Å². The molecular formula is C13H17BrINO2. The lowest BCUT2D eigenvalue weighted by Gasteiger charge is -2.09. The first-order valence-corrected chi connectivity index (χ1v) is 7.72. The summed E-state index contributed by atoms with van der Waals surface area (Å²) in [7, 11) is 0. The molecule has 0 bridgehead atoms. The second-order valence-electron chi connectivity index (χ2n) is 4.15. The molecule has 0 aromatic heterocycles. The first-order chi connectivity index (χ1) is 8.50. The SMILES string of the molecule is CC(C)OCCCNC(=O)c1cc(I)ccc1Br. The number of hydrogen-bond donors (Lipinski definition) is 1. The average Bonchev–Trinajstić information content (AvgIpc) is 2.31. The fraction of sp³-hybridized carbons (Fsp3) is 0.462. The molecule has 0 spiro atoms. The van der Waals surface area contributed by atoms with Crippen LogP contribution in [0.1, 0.15) is 30.6 Å². The van der Waals surface area contributed by atoms with Gasteiger partial charge >= 0.3 is 0 Å². The van der Waals surface area contributed by atoms with Crippen LogP contribution in [0.3, 0.4) is 0 Å². The molecule has 1 aromatic carbocycles. The maximum absolute atomic E-state index is 11.9. The molecule has 0 aliphatic rings. The van der Waals surface area contributed by atoms with Crippen molar-refractivity contribution in [2.75, 3.05) is 13.2 Å². The van der Waals surface area contributed by atoms with Gasteiger partial charge in [0.15, 0.2) is 0 Å². The smallest absolute Gasteiger partial charge is 0.252 e. The Hall–Kier alpha value is -0.140. The molecule has 0 radical (unpaired) electrons. The molecule has 3 nitrogen and oxygen atoms in total. The zero-order valence-electron chi connectivity index (χ0n) is 10.5. The van der Waals surface area contributed by atoms with Crippen LogP contribution in [-0.2, 0) is 4.74 Å². The zero-order valence-corrected chi connectivity index (χ0v) is 14.2. The van der Waals surface area contributed by atoms with Gasteiger partial charge in [0, 0.05) is 21.2 Å². The molecule has 1 aromatic rings. The molecule has 0 saturated carbocycles. The molecule has 0 saturated heterocycles. The molecule has 1 rings (SSSR count). The van der Waals surface area contributed by atoms with E-state index in [0.717, 1.165) is 14.5 Å². The normalized spacial score (nSPS) is 10.7. The average molecular weight is 426 g/mol. The molecule has 5 heteroatoms. The summed E-state index contributed by atoms with van der Waals surface area (Å²) in [6.45, 7) is 5.30. The van der Waals surface area contributed by atoms with Crippen LogP contribution in [0.15, 0.2) is 22.7 Å². The number of rotatable bonds is 6. The van der Waals surface area contributed by atoms with Crippen molar-refractivity contribution in [3.05, 3.63) is 31.8 Å². The second-order valence-corrected chi connectivity index (χ2v) is 6.25. The summed E-state index contributed by atoms with van der Waals surface area (Å²) in [5.74, 6) is -0.0510. The van der Waals surface area contributed by atoms with E-state index < -0.39 is 0 Å². The third-order valence-corrected chi connectivity index (χ3v) is 3.59. The highest BCUT2D eigenvalue weighted by molar-refractivity contribution is 14.1. The summed E-state index contributed by atoms with van der Waals surface area (Å²) in [6.07, 6.45) is 1.07. The van der Waals surface area contributed by atoms with Gasteiger partial charge in [-0.3, -0.25) is 4.79 Å². The lowest BCUT2D eigenvalue weighted by atomic mass is 10.2. The van der Waals surface area contributed by atoms with Gasteiger partial charge in [-0.05, 0) is 77.0 Å². The summed E-state index contributed by atoms with van der Waals surface area (Å²) in [6, 6.07) is 5.71. The van der Waals surface area contributed by atoms with Gasteiger partial charge in [0.1, 0.15) is 0 Å². The molecule has 0 unspecified atom stereocenters. The highest BCUT2D eigenvalue weighted by atomic mass is 127. The van der Waals surface area contributed by atoms with Crippen molar-refractivity contribution in [2.24, 2.45) is 0 Å². The number of carbonyl (C=O) groups excluding carboxylic acids is 1. The van der Waals surface area contributed by atoms with E-state index in [1.165, 1.54) is 0 Å². The third-order valence-electron chi connectivity index (χ3n) is 2.23. The minimum atomic E-state index is -0.0510. The highest BCUT2D eigenvalue weighted by Crippen LogP contribution is 2.19. The van der Waals surface area contributed by atoms with Crippen molar-refractivity contribution < 1.29 is 9.53 Å². The van der Waals surface area contributed by atoms with Crippen molar-refractivity contribution in [3.63, 3.8) is 0 Å². The van der Waals surface area contributed by atoms with E-state index in [0.29, 0.717) is 18.7 Å². The van der Waals surface area contributed by atoms with Gasteiger partial charge in [-0.2, -0.15) is 0 Å². The molecular weight excluding hydrogens is 409 g/mol. The molecule has 0 aliphatic heterocycles. The van der Waals surface area contributed by atoms with Gasteiger partial charge in [-0.25, -0.2) is 0 Å². The Morgan fingerprint density at radius 1 is 1.50 bits per heavy atom. The maximum Gasteiger partial charge on any atom is 0.252 e. The number of hydrogen-bond acceptors (Lipinski definition) is 2. The fourth-order valence-electron chi connectivity index (χ4n) is 1.36. The Balaban J connectivity index is 2.39. The van der Waals surface area contributed by atoms with Crippen LogP contribution in [-0.4, -0.2) is 25.2 Å². The van der Waals surface area contributed by atoms with E-state index in [1.807, 2.05) is 32.0 Å². The van der Waals surface area contributed by atoms with Gasteiger partial charge in [0.25, 0.3) is 5.91 Å². The summed E-state index contributed by atoms with van der Waals surface area (Å²) in [4.78, 5) is 11.9. The van der Waals surface area contributed by atoms with Crippen LogP contribution < -0.4 is 5.32 Å². The predicted octanol–water partition coefficient (Wildman–Crippen LogP) is 3.60. The maximum atomic E-state index is 11.9. The van der Waals surface area contributed by atoms with Crippen molar-refractivity contribution in [1.29, 1.82) is 0 Å². The summed E-state index contributed by atoms with van der Waals surface area (Å²) in [5.41, 5.74) is 0.673. The van der Waals surface area contributed by atoms with E-state index in [4.69, 9.17) is 4.74 Å². The van der Waals surface area contributed by atoms with Crippen LogP contribution in [0.5, 0.6) is 0 Å². The van der Waals surface area contributed by atoms with E-state index in [-0.39, 0.29) is 12.0 Å². The van der Waals surface area contributed by atoms with Gasteiger partial charge in [0.05, 0.1) is 11.7 Å². The number of halogens is 2. The third kappa shape index (κ3) is 5.67. The Bertz CT molecular complexity index is 410. The Morgan fingerprint density at radius 3 is 2.89 bits per heavy atom. The van der Waals surface area contributed by atoms with Gasteiger partial charge in [-0.15, -0.1) is 0 Å². The first-order valence-electron chi connectivity index (χ1n) is 5.85. The number of benzene rings is 1. The first kappa shape index (κ1) is 15.9. The predicted molar refractivity (Wildman–Crippen MR) is 84.9 cm³/mol. The molecule has 0 atom stereocenters. The molecule has 18 heavy (non-hydrogen) atoms. The second kappa shape index (κ2) is 8.12. The Kier molecular flexibility index (Phi) is 7.18. The number of nitrogens with one attached hydrogen (secondary N) is 1. The minimum Gasteiger partial charge on any atom is -0.379 e. The van der Waals surface area contributed by atoms with E-state index in [9.17, 15) is 4.79 Å². The van der Waals surface area contributed by atoms with Crippen LogP contribution >= 0.6 is 38.5 Å². The number of carbonyl (C=O) groups is 1. The van der Waals surface area contributed by atoms with Gasteiger partial charge < -0.3 is 10.1 Å². The largest absolute Gasteiger partial charge is 0.379 e. The summed E-state index contributed by atoms with van der Waals surface area (Å²) < 4.78 is 7.27. The van der Waals surface area contributed by atoms with Gasteiger partial charge in [-0.1, -0.05) is 0 Å². The zero-order chi connectivity index (χ0) is 13.5. The molecule has 0 heterocycles. The topological polar surface area (TPSA) is 38.3 Å². The van der Waals surface area contributed by atoms with E-state index in [1.54, 1.807) is 0 Å². The fourth-order valence-corrected chi connectivity index (χ4v) is 2.28. The summed E-state index contributed by atoms with van der Waals surface area (Å²) >= 11 is 5.58. The minimum absolute atomic E-state index is 0.0510. The lowest BCUT2D eigenvalue weighted by Crippen LogP contribution is -2.26. The van der Waals surface area contributed by atoms with Crippen molar-refractivity contribution in [3.8, 4) is 0 Å².